The number of carbonyl (C=O) groups is 1. The van der Waals surface area contributed by atoms with Crippen LogP contribution in [0.3, 0.4) is 0 Å². The Morgan fingerprint density at radius 3 is 2.71 bits per heavy atom. The SMILES string of the molecule is CC(C)OCc1c(C(=O)N2CCC(c3n[nH]c(=S)n3C3CC3)CC2)oc2ccccc12. The van der Waals surface area contributed by atoms with Crippen molar-refractivity contribution in [2.45, 2.75) is 64.2 Å². The number of para-hydroxylation sites is 1. The van der Waals surface area contributed by atoms with E-state index in [9.17, 15) is 4.79 Å². The number of hydrogen-bond donors (Lipinski definition) is 1. The van der Waals surface area contributed by atoms with Gasteiger partial charge in [0.25, 0.3) is 5.91 Å². The fraction of sp³-hybridized carbons (Fsp3) is 0.522. The number of piperidine rings is 1. The Kier molecular flexibility index (Phi) is 5.44. The van der Waals surface area contributed by atoms with Crippen LogP contribution in [0.4, 0.5) is 0 Å². The van der Waals surface area contributed by atoms with Crippen LogP contribution >= 0.6 is 12.2 Å². The maximum atomic E-state index is 13.4. The molecule has 3 aromatic rings. The lowest BCUT2D eigenvalue weighted by Crippen LogP contribution is -2.38. The molecule has 1 amide bonds. The second-order valence-corrected chi connectivity index (χ2v) is 9.21. The Labute approximate surface area is 186 Å². The van der Waals surface area contributed by atoms with E-state index in [4.69, 9.17) is 21.4 Å². The molecule has 1 saturated carbocycles. The highest BCUT2D eigenvalue weighted by Gasteiger charge is 2.34. The summed E-state index contributed by atoms with van der Waals surface area (Å²) in [4.78, 5) is 15.3. The highest BCUT2D eigenvalue weighted by Crippen LogP contribution is 2.39. The van der Waals surface area contributed by atoms with Crippen molar-refractivity contribution in [3.8, 4) is 0 Å². The van der Waals surface area contributed by atoms with Crippen molar-refractivity contribution in [2.24, 2.45) is 0 Å². The monoisotopic (exact) mass is 440 g/mol. The van der Waals surface area contributed by atoms with E-state index in [2.05, 4.69) is 14.8 Å². The van der Waals surface area contributed by atoms with Gasteiger partial charge in [-0.1, -0.05) is 18.2 Å². The Morgan fingerprint density at radius 1 is 1.26 bits per heavy atom. The molecule has 2 aromatic heterocycles. The first-order valence-electron chi connectivity index (χ1n) is 11.1. The molecule has 1 aliphatic heterocycles. The summed E-state index contributed by atoms with van der Waals surface area (Å²) in [7, 11) is 0. The van der Waals surface area contributed by atoms with E-state index in [1.54, 1.807) is 0 Å². The number of aromatic nitrogens is 3. The van der Waals surface area contributed by atoms with Crippen molar-refractivity contribution in [3.05, 3.63) is 46.2 Å². The summed E-state index contributed by atoms with van der Waals surface area (Å²) in [5, 5.41) is 8.43. The first-order valence-corrected chi connectivity index (χ1v) is 11.5. The van der Waals surface area contributed by atoms with Crippen LogP contribution in [-0.4, -0.2) is 44.8 Å². The second-order valence-electron chi connectivity index (χ2n) is 8.82. The zero-order valence-corrected chi connectivity index (χ0v) is 18.8. The normalized spacial score (nSPS) is 17.7. The fourth-order valence-electron chi connectivity index (χ4n) is 4.44. The number of nitrogens with one attached hydrogen (secondary N) is 1. The number of likely N-dealkylation sites (tertiary alicyclic amines) is 1. The summed E-state index contributed by atoms with van der Waals surface area (Å²) >= 11 is 5.43. The van der Waals surface area contributed by atoms with E-state index in [1.165, 1.54) is 12.8 Å². The maximum Gasteiger partial charge on any atom is 0.289 e. The number of furan rings is 1. The number of fused-ring (bicyclic) bond motifs is 1. The Hall–Kier alpha value is -2.45. The van der Waals surface area contributed by atoms with Gasteiger partial charge in [-0.2, -0.15) is 5.10 Å². The molecule has 0 unspecified atom stereocenters. The molecule has 3 heterocycles. The average Bonchev–Trinajstić information content (AvgIpc) is 3.43. The molecule has 2 fully saturated rings. The van der Waals surface area contributed by atoms with Gasteiger partial charge in [-0.25, -0.2) is 0 Å². The van der Waals surface area contributed by atoms with E-state index >= 15 is 0 Å². The predicted molar refractivity (Wildman–Crippen MR) is 120 cm³/mol. The zero-order chi connectivity index (χ0) is 21.5. The molecule has 7 nitrogen and oxygen atoms in total. The predicted octanol–water partition coefficient (Wildman–Crippen LogP) is 4.97. The molecule has 0 radical (unpaired) electrons. The first-order chi connectivity index (χ1) is 15.0. The van der Waals surface area contributed by atoms with Crippen LogP contribution in [0.5, 0.6) is 0 Å². The third-order valence-electron chi connectivity index (χ3n) is 6.24. The van der Waals surface area contributed by atoms with Gasteiger partial charge in [-0.15, -0.1) is 0 Å². The number of rotatable bonds is 6. The Bertz CT molecular complexity index is 1150. The van der Waals surface area contributed by atoms with Crippen LogP contribution in [0.25, 0.3) is 11.0 Å². The van der Waals surface area contributed by atoms with Crippen LogP contribution < -0.4 is 0 Å². The second kappa shape index (κ2) is 8.24. The summed E-state index contributed by atoms with van der Waals surface area (Å²) in [6.07, 6.45) is 4.16. The van der Waals surface area contributed by atoms with E-state index in [1.807, 2.05) is 43.0 Å². The number of hydrogen-bond acceptors (Lipinski definition) is 5. The summed E-state index contributed by atoms with van der Waals surface area (Å²) in [5.74, 6) is 1.71. The van der Waals surface area contributed by atoms with Crippen molar-refractivity contribution < 1.29 is 13.9 Å². The number of carbonyl (C=O) groups excluding carboxylic acids is 1. The average molecular weight is 441 g/mol. The number of H-pyrrole nitrogens is 1. The van der Waals surface area contributed by atoms with Crippen LogP contribution in [0.1, 0.15) is 73.4 Å². The van der Waals surface area contributed by atoms with Crippen LogP contribution in [0.15, 0.2) is 28.7 Å². The molecule has 164 valence electrons. The van der Waals surface area contributed by atoms with Gasteiger partial charge in [0, 0.05) is 36.0 Å². The number of amides is 1. The topological polar surface area (TPSA) is 76.3 Å². The molecular formula is C23H28N4O3S. The van der Waals surface area contributed by atoms with Gasteiger partial charge in [-0.3, -0.25) is 9.89 Å². The van der Waals surface area contributed by atoms with Crippen molar-refractivity contribution in [1.29, 1.82) is 0 Å². The quantitative estimate of drug-likeness (QED) is 0.548. The van der Waals surface area contributed by atoms with Gasteiger partial charge in [0.15, 0.2) is 10.5 Å². The zero-order valence-electron chi connectivity index (χ0n) is 18.0. The lowest BCUT2D eigenvalue weighted by atomic mass is 9.95. The van der Waals surface area contributed by atoms with Gasteiger partial charge in [0.2, 0.25) is 0 Å². The molecule has 1 saturated heterocycles. The van der Waals surface area contributed by atoms with Gasteiger partial charge in [-0.05, 0) is 57.8 Å². The highest BCUT2D eigenvalue weighted by atomic mass is 32.1. The Balaban J connectivity index is 1.34. The van der Waals surface area contributed by atoms with Gasteiger partial charge in [0.05, 0.1) is 12.7 Å². The standard InChI is InChI=1S/C23H28N4O3S/c1-14(2)29-13-18-17-5-3-4-6-19(17)30-20(18)22(28)26-11-9-15(10-12-26)21-24-25-23(31)27(21)16-7-8-16/h3-6,14-16H,7-13H2,1-2H3,(H,25,31). The Morgan fingerprint density at radius 2 is 2.00 bits per heavy atom. The van der Waals surface area contributed by atoms with E-state index < -0.39 is 0 Å². The smallest absolute Gasteiger partial charge is 0.289 e. The molecule has 2 aliphatic rings. The third kappa shape index (κ3) is 3.94. The molecule has 31 heavy (non-hydrogen) atoms. The van der Waals surface area contributed by atoms with Crippen molar-refractivity contribution in [3.63, 3.8) is 0 Å². The summed E-state index contributed by atoms with van der Waals surface area (Å²) < 4.78 is 14.8. The lowest BCUT2D eigenvalue weighted by molar-refractivity contribution is 0.0594. The van der Waals surface area contributed by atoms with Crippen LogP contribution in [0, 0.1) is 4.77 Å². The molecule has 0 bridgehead atoms. The molecule has 0 atom stereocenters. The van der Waals surface area contributed by atoms with Crippen LogP contribution in [0.2, 0.25) is 0 Å². The fourth-order valence-corrected chi connectivity index (χ4v) is 4.73. The minimum absolute atomic E-state index is 0.0574. The van der Waals surface area contributed by atoms with Gasteiger partial charge in [0.1, 0.15) is 11.4 Å². The summed E-state index contributed by atoms with van der Waals surface area (Å²) in [6, 6.07) is 8.27. The van der Waals surface area contributed by atoms with Gasteiger partial charge < -0.3 is 18.6 Å². The first kappa shape index (κ1) is 20.5. The highest BCUT2D eigenvalue weighted by molar-refractivity contribution is 7.71. The molecule has 5 rings (SSSR count). The maximum absolute atomic E-state index is 13.4. The minimum atomic E-state index is -0.0574. The number of nitrogens with zero attached hydrogens (tertiary/aromatic N) is 3. The number of ether oxygens (including phenoxy) is 1. The summed E-state index contributed by atoms with van der Waals surface area (Å²) in [5.41, 5.74) is 1.56. The largest absolute Gasteiger partial charge is 0.451 e. The molecule has 1 aliphatic carbocycles. The molecule has 8 heteroatoms. The lowest BCUT2D eigenvalue weighted by Gasteiger charge is -2.31. The van der Waals surface area contributed by atoms with Crippen molar-refractivity contribution >= 4 is 29.1 Å². The minimum Gasteiger partial charge on any atom is -0.451 e. The van der Waals surface area contributed by atoms with E-state index in [0.717, 1.165) is 35.2 Å². The number of aromatic amines is 1. The number of benzene rings is 1. The van der Waals surface area contributed by atoms with Crippen molar-refractivity contribution in [2.75, 3.05) is 13.1 Å². The van der Waals surface area contributed by atoms with E-state index in [-0.39, 0.29) is 12.0 Å². The third-order valence-corrected chi connectivity index (χ3v) is 6.53. The summed E-state index contributed by atoms with van der Waals surface area (Å²) in [6.45, 7) is 5.70. The van der Waals surface area contributed by atoms with Crippen LogP contribution in [-0.2, 0) is 11.3 Å². The molecule has 1 N–H and O–H groups in total. The molecular weight excluding hydrogens is 412 g/mol. The van der Waals surface area contributed by atoms with Gasteiger partial charge >= 0.3 is 0 Å². The molecule has 1 aromatic carbocycles. The van der Waals surface area contributed by atoms with E-state index in [0.29, 0.717) is 42.2 Å². The molecule has 0 spiro atoms. The van der Waals surface area contributed by atoms with Crippen molar-refractivity contribution in [1.82, 2.24) is 19.7 Å².